The highest BCUT2D eigenvalue weighted by atomic mass is 16.5. The summed E-state index contributed by atoms with van der Waals surface area (Å²) in [6, 6.07) is 5.42. The van der Waals surface area contributed by atoms with Gasteiger partial charge in [0.2, 0.25) is 11.8 Å². The Morgan fingerprint density at radius 3 is 2.63 bits per heavy atom. The summed E-state index contributed by atoms with van der Waals surface area (Å²) in [5.74, 6) is -0.539. The van der Waals surface area contributed by atoms with Crippen LogP contribution in [0.3, 0.4) is 0 Å². The number of fused-ring (bicyclic) bond motifs is 1. The van der Waals surface area contributed by atoms with Crippen molar-refractivity contribution in [3.05, 3.63) is 23.8 Å². The molecule has 1 aliphatic heterocycles. The first-order valence-corrected chi connectivity index (χ1v) is 6.10. The number of carbonyl (C=O) groups excluding carboxylic acids is 2. The minimum Gasteiger partial charge on any atom is -0.497 e. The van der Waals surface area contributed by atoms with Gasteiger partial charge in [-0.3, -0.25) is 9.59 Å². The van der Waals surface area contributed by atoms with Gasteiger partial charge in [-0.15, -0.1) is 0 Å². The number of ether oxygens (including phenoxy) is 1. The third-order valence-corrected chi connectivity index (χ3v) is 4.17. The van der Waals surface area contributed by atoms with Gasteiger partial charge >= 0.3 is 0 Å². The first kappa shape index (κ1) is 13.4. The molecule has 0 aliphatic carbocycles. The number of hydrogen-bond donors (Lipinski definition) is 1. The largest absolute Gasteiger partial charge is 0.497 e. The van der Waals surface area contributed by atoms with E-state index in [1.54, 1.807) is 45.0 Å². The summed E-state index contributed by atoms with van der Waals surface area (Å²) in [5, 5.41) is 0. The molecule has 1 heterocycles. The van der Waals surface area contributed by atoms with Crippen LogP contribution in [0.2, 0.25) is 0 Å². The molecule has 1 aliphatic rings. The molecule has 5 heteroatoms. The maximum Gasteiger partial charge on any atom is 0.237 e. The molecular formula is C14H18N2O3. The van der Waals surface area contributed by atoms with Gasteiger partial charge in [-0.2, -0.15) is 0 Å². The first-order valence-electron chi connectivity index (χ1n) is 6.10. The predicted molar refractivity (Wildman–Crippen MR) is 72.1 cm³/mol. The quantitative estimate of drug-likeness (QED) is 0.885. The lowest BCUT2D eigenvalue weighted by molar-refractivity contribution is -0.131. The van der Waals surface area contributed by atoms with Gasteiger partial charge < -0.3 is 15.4 Å². The van der Waals surface area contributed by atoms with E-state index in [4.69, 9.17) is 10.5 Å². The number of rotatable bonds is 3. The Morgan fingerprint density at radius 2 is 2.11 bits per heavy atom. The molecule has 0 bridgehead atoms. The summed E-state index contributed by atoms with van der Waals surface area (Å²) >= 11 is 0. The minimum atomic E-state index is -0.940. The molecule has 0 fully saturated rings. The number of hydrogen-bond acceptors (Lipinski definition) is 3. The molecule has 1 aromatic carbocycles. The van der Waals surface area contributed by atoms with Crippen LogP contribution in [0.5, 0.6) is 5.75 Å². The number of carbonyl (C=O) groups is 2. The molecule has 0 aromatic heterocycles. The normalized spacial score (nSPS) is 23.2. The molecule has 0 saturated heterocycles. The monoisotopic (exact) mass is 262 g/mol. The van der Waals surface area contributed by atoms with Crippen LogP contribution in [0.15, 0.2) is 18.2 Å². The smallest absolute Gasteiger partial charge is 0.237 e. The molecule has 0 saturated carbocycles. The van der Waals surface area contributed by atoms with Crippen LogP contribution in [0.4, 0.5) is 5.69 Å². The number of likely N-dealkylation sites (N-methyl/N-ethyl adjacent to an activating group) is 1. The Hall–Kier alpha value is -2.04. The van der Waals surface area contributed by atoms with Gasteiger partial charge in [0, 0.05) is 12.7 Å². The number of methoxy groups -OCH3 is 1. The molecule has 0 spiro atoms. The Balaban J connectivity index is 2.65. The highest BCUT2D eigenvalue weighted by Crippen LogP contribution is 2.46. The Kier molecular flexibility index (Phi) is 3.00. The predicted octanol–water partition coefficient (Wildman–Crippen LogP) is 1.05. The van der Waals surface area contributed by atoms with Crippen LogP contribution in [0, 0.1) is 5.92 Å². The Bertz CT molecular complexity index is 556. The zero-order valence-corrected chi connectivity index (χ0v) is 11.6. The number of nitrogens with two attached hydrogens (primary N) is 1. The van der Waals surface area contributed by atoms with Crippen LogP contribution in [0.25, 0.3) is 0 Å². The van der Waals surface area contributed by atoms with Gasteiger partial charge in [-0.25, -0.2) is 0 Å². The van der Waals surface area contributed by atoms with Crippen molar-refractivity contribution >= 4 is 17.5 Å². The highest BCUT2D eigenvalue weighted by molar-refractivity contribution is 6.10. The first-order chi connectivity index (χ1) is 8.83. The van der Waals surface area contributed by atoms with E-state index in [9.17, 15) is 9.59 Å². The second-order valence-corrected chi connectivity index (χ2v) is 5.07. The maximum absolute atomic E-state index is 12.5. The Labute approximate surface area is 112 Å². The molecule has 102 valence electrons. The fourth-order valence-corrected chi connectivity index (χ4v) is 2.63. The SMILES string of the molecule is COc1ccc2c(c1)[C@](C)(C(C)C(N)=O)C(=O)N2C. The van der Waals surface area contributed by atoms with Crippen LogP contribution < -0.4 is 15.4 Å². The van der Waals surface area contributed by atoms with E-state index in [-0.39, 0.29) is 5.91 Å². The zero-order valence-electron chi connectivity index (χ0n) is 11.6. The van der Waals surface area contributed by atoms with E-state index in [2.05, 4.69) is 0 Å². The van der Waals surface area contributed by atoms with Crippen LogP contribution in [0.1, 0.15) is 19.4 Å². The summed E-state index contributed by atoms with van der Waals surface area (Å²) in [4.78, 5) is 25.6. The second kappa shape index (κ2) is 4.26. The number of primary amides is 1. The zero-order chi connectivity index (χ0) is 14.4. The van der Waals surface area contributed by atoms with Crippen LogP contribution >= 0.6 is 0 Å². The third-order valence-electron chi connectivity index (χ3n) is 4.17. The summed E-state index contributed by atoms with van der Waals surface area (Å²) in [5.41, 5.74) is 6.03. The molecule has 1 unspecified atom stereocenters. The second-order valence-electron chi connectivity index (χ2n) is 5.07. The summed E-state index contributed by atoms with van der Waals surface area (Å²) in [6.45, 7) is 3.44. The molecule has 19 heavy (non-hydrogen) atoms. The van der Waals surface area contributed by atoms with Gasteiger partial charge in [-0.05, 0) is 30.7 Å². The van der Waals surface area contributed by atoms with Gasteiger partial charge in [0.05, 0.1) is 18.4 Å². The van der Waals surface area contributed by atoms with Crippen molar-refractivity contribution in [2.24, 2.45) is 11.7 Å². The van der Waals surface area contributed by atoms with Crippen molar-refractivity contribution in [1.82, 2.24) is 0 Å². The molecule has 1 aromatic rings. The molecular weight excluding hydrogens is 244 g/mol. The van der Waals surface area contributed by atoms with Gasteiger partial charge in [0.25, 0.3) is 0 Å². The van der Waals surface area contributed by atoms with E-state index in [0.29, 0.717) is 5.75 Å². The van der Waals surface area contributed by atoms with Gasteiger partial charge in [0.15, 0.2) is 0 Å². The number of amides is 2. The molecule has 2 N–H and O–H groups in total. The molecule has 5 nitrogen and oxygen atoms in total. The van der Waals surface area contributed by atoms with Crippen molar-refractivity contribution in [3.63, 3.8) is 0 Å². The number of nitrogens with zero attached hydrogens (tertiary/aromatic N) is 1. The number of anilines is 1. The standard InChI is InChI=1S/C14H18N2O3/c1-8(12(15)17)14(2)10-7-9(19-4)5-6-11(10)16(3)13(14)18/h5-8H,1-4H3,(H2,15,17)/t8?,14-/m0/s1. The maximum atomic E-state index is 12.5. The molecule has 2 amide bonds. The minimum absolute atomic E-state index is 0.123. The van der Waals surface area contributed by atoms with Crippen molar-refractivity contribution < 1.29 is 14.3 Å². The van der Waals surface area contributed by atoms with Crippen LogP contribution in [-0.4, -0.2) is 26.0 Å². The average Bonchev–Trinajstić information content (AvgIpc) is 2.60. The van der Waals surface area contributed by atoms with E-state index < -0.39 is 17.2 Å². The molecule has 2 atom stereocenters. The fourth-order valence-electron chi connectivity index (χ4n) is 2.63. The van der Waals surface area contributed by atoms with Gasteiger partial charge in [0.1, 0.15) is 5.75 Å². The third kappa shape index (κ3) is 1.69. The van der Waals surface area contributed by atoms with E-state index in [0.717, 1.165) is 11.3 Å². The summed E-state index contributed by atoms with van der Waals surface area (Å²) in [6.07, 6.45) is 0. The summed E-state index contributed by atoms with van der Waals surface area (Å²) in [7, 11) is 3.27. The lowest BCUT2D eigenvalue weighted by atomic mass is 9.73. The lowest BCUT2D eigenvalue weighted by Gasteiger charge is -2.28. The Morgan fingerprint density at radius 1 is 1.47 bits per heavy atom. The topological polar surface area (TPSA) is 72.6 Å². The fraction of sp³-hybridized carbons (Fsp3) is 0.429. The summed E-state index contributed by atoms with van der Waals surface area (Å²) < 4.78 is 5.20. The van der Waals surface area contributed by atoms with Crippen LogP contribution in [-0.2, 0) is 15.0 Å². The van der Waals surface area contributed by atoms with Crippen molar-refractivity contribution in [2.45, 2.75) is 19.3 Å². The lowest BCUT2D eigenvalue weighted by Crippen LogP contribution is -2.46. The number of benzene rings is 1. The van der Waals surface area contributed by atoms with Crippen molar-refractivity contribution in [3.8, 4) is 5.75 Å². The van der Waals surface area contributed by atoms with E-state index in [1.807, 2.05) is 6.07 Å². The van der Waals surface area contributed by atoms with Crippen molar-refractivity contribution in [1.29, 1.82) is 0 Å². The van der Waals surface area contributed by atoms with Crippen molar-refractivity contribution in [2.75, 3.05) is 19.1 Å². The highest BCUT2D eigenvalue weighted by Gasteiger charge is 2.51. The molecule has 0 radical (unpaired) electrons. The molecule has 2 rings (SSSR count). The van der Waals surface area contributed by atoms with Gasteiger partial charge in [-0.1, -0.05) is 6.92 Å². The average molecular weight is 262 g/mol. The van der Waals surface area contributed by atoms with E-state index >= 15 is 0 Å². The van der Waals surface area contributed by atoms with E-state index in [1.165, 1.54) is 0 Å².